The first-order valence-corrected chi connectivity index (χ1v) is 6.11. The fourth-order valence-corrected chi connectivity index (χ4v) is 1.97. The van der Waals surface area contributed by atoms with Crippen LogP contribution in [0.1, 0.15) is 18.1 Å². The minimum Gasteiger partial charge on any atom is -0.469 e. The normalized spacial score (nSPS) is 12.5. The van der Waals surface area contributed by atoms with Crippen molar-refractivity contribution >= 4 is 5.97 Å². The van der Waals surface area contributed by atoms with Crippen LogP contribution in [0.4, 0.5) is 0 Å². The third kappa shape index (κ3) is 4.47. The van der Waals surface area contributed by atoms with Gasteiger partial charge in [0.1, 0.15) is 0 Å². The summed E-state index contributed by atoms with van der Waals surface area (Å²) in [5.41, 5.74) is 7.95. The molecule has 4 heteroatoms. The summed E-state index contributed by atoms with van der Waals surface area (Å²) in [5.74, 6) is -0.282. The summed E-state index contributed by atoms with van der Waals surface area (Å²) in [6.45, 7) is 3.91. The number of esters is 1. The van der Waals surface area contributed by atoms with E-state index in [2.05, 4.69) is 17.0 Å². The van der Waals surface area contributed by atoms with Crippen molar-refractivity contribution < 1.29 is 9.53 Å². The van der Waals surface area contributed by atoms with Gasteiger partial charge in [0.2, 0.25) is 0 Å². The van der Waals surface area contributed by atoms with E-state index in [1.807, 2.05) is 26.1 Å². The fourth-order valence-electron chi connectivity index (χ4n) is 1.97. The molecule has 1 unspecified atom stereocenters. The molecule has 0 aliphatic rings. The molecule has 18 heavy (non-hydrogen) atoms. The number of ether oxygens (including phenoxy) is 1. The summed E-state index contributed by atoms with van der Waals surface area (Å²) in [4.78, 5) is 13.4. The summed E-state index contributed by atoms with van der Waals surface area (Å²) in [5, 5.41) is 0. The fraction of sp³-hybridized carbons (Fsp3) is 0.500. The number of carbonyl (C=O) groups excluding carboxylic acids is 1. The molecule has 0 bridgehead atoms. The van der Waals surface area contributed by atoms with E-state index in [9.17, 15) is 4.79 Å². The molecule has 100 valence electrons. The zero-order valence-electron chi connectivity index (χ0n) is 11.3. The van der Waals surface area contributed by atoms with Crippen molar-refractivity contribution in [1.29, 1.82) is 0 Å². The molecule has 2 N–H and O–H groups in total. The van der Waals surface area contributed by atoms with Crippen LogP contribution >= 0.6 is 0 Å². The Morgan fingerprint density at radius 1 is 1.44 bits per heavy atom. The molecule has 4 nitrogen and oxygen atoms in total. The van der Waals surface area contributed by atoms with Gasteiger partial charge < -0.3 is 15.4 Å². The summed E-state index contributed by atoms with van der Waals surface area (Å²) in [6.07, 6.45) is 0. The van der Waals surface area contributed by atoms with Gasteiger partial charge in [0.05, 0.1) is 13.0 Å². The minimum atomic E-state index is -0.169. The van der Waals surface area contributed by atoms with Crippen LogP contribution in [0, 0.1) is 5.92 Å². The molecule has 1 aromatic carbocycles. The van der Waals surface area contributed by atoms with Crippen LogP contribution < -0.4 is 5.73 Å². The zero-order valence-corrected chi connectivity index (χ0v) is 11.3. The second kappa shape index (κ2) is 7.13. The Balaban J connectivity index is 2.53. The molecular weight excluding hydrogens is 228 g/mol. The van der Waals surface area contributed by atoms with Crippen molar-refractivity contribution in [2.75, 3.05) is 20.7 Å². The molecular formula is C14H22N2O2. The van der Waals surface area contributed by atoms with Crippen molar-refractivity contribution in [3.63, 3.8) is 0 Å². The second-order valence-electron chi connectivity index (χ2n) is 4.65. The number of nitrogens with zero attached hydrogens (tertiary/aromatic N) is 1. The van der Waals surface area contributed by atoms with E-state index in [0.29, 0.717) is 13.1 Å². The Labute approximate surface area is 109 Å². The topological polar surface area (TPSA) is 55.6 Å². The molecule has 0 radical (unpaired) electrons. The number of nitrogens with two attached hydrogens (primary N) is 1. The predicted octanol–water partition coefficient (Wildman–Crippen LogP) is 1.39. The van der Waals surface area contributed by atoms with Gasteiger partial charge in [-0.25, -0.2) is 0 Å². The van der Waals surface area contributed by atoms with Gasteiger partial charge in [-0.1, -0.05) is 31.2 Å². The number of hydrogen-bond donors (Lipinski definition) is 1. The standard InChI is InChI=1S/C14H22N2O2/c1-11(14(17)18-3)9-16(2)10-13-6-4-5-12(7-13)8-15/h4-7,11H,8-10,15H2,1-3H3. The van der Waals surface area contributed by atoms with E-state index in [-0.39, 0.29) is 11.9 Å². The van der Waals surface area contributed by atoms with Gasteiger partial charge in [0.15, 0.2) is 0 Å². The third-order valence-corrected chi connectivity index (χ3v) is 2.87. The number of rotatable bonds is 6. The average Bonchev–Trinajstić information content (AvgIpc) is 2.37. The maximum absolute atomic E-state index is 11.3. The molecule has 0 heterocycles. The summed E-state index contributed by atoms with van der Waals surface area (Å²) in [6, 6.07) is 8.19. The van der Waals surface area contributed by atoms with Gasteiger partial charge in [-0.05, 0) is 18.2 Å². The van der Waals surface area contributed by atoms with E-state index >= 15 is 0 Å². The molecule has 0 aromatic heterocycles. The van der Waals surface area contributed by atoms with E-state index < -0.39 is 0 Å². The Bertz CT molecular complexity index is 393. The van der Waals surface area contributed by atoms with Gasteiger partial charge in [-0.3, -0.25) is 4.79 Å². The Kier molecular flexibility index (Phi) is 5.82. The lowest BCUT2D eigenvalue weighted by molar-refractivity contribution is -0.145. The maximum atomic E-state index is 11.3. The first-order valence-electron chi connectivity index (χ1n) is 6.11. The Morgan fingerprint density at radius 2 is 2.11 bits per heavy atom. The second-order valence-corrected chi connectivity index (χ2v) is 4.65. The monoisotopic (exact) mass is 250 g/mol. The molecule has 1 atom stereocenters. The van der Waals surface area contributed by atoms with Crippen LogP contribution in [0.5, 0.6) is 0 Å². The number of methoxy groups -OCH3 is 1. The summed E-state index contributed by atoms with van der Waals surface area (Å²) >= 11 is 0. The number of carbonyl (C=O) groups is 1. The van der Waals surface area contributed by atoms with Crippen LogP contribution in [0.25, 0.3) is 0 Å². The summed E-state index contributed by atoms with van der Waals surface area (Å²) in [7, 11) is 3.41. The lowest BCUT2D eigenvalue weighted by atomic mass is 10.1. The first kappa shape index (κ1) is 14.7. The molecule has 0 aliphatic carbocycles. The van der Waals surface area contributed by atoms with Crippen LogP contribution in [-0.2, 0) is 22.6 Å². The quantitative estimate of drug-likeness (QED) is 0.775. The van der Waals surface area contributed by atoms with Gasteiger partial charge in [0, 0.05) is 19.6 Å². The molecule has 0 spiro atoms. The highest BCUT2D eigenvalue weighted by molar-refractivity contribution is 5.72. The number of benzene rings is 1. The number of hydrogen-bond acceptors (Lipinski definition) is 4. The van der Waals surface area contributed by atoms with Crippen molar-refractivity contribution in [2.45, 2.75) is 20.0 Å². The van der Waals surface area contributed by atoms with Crippen molar-refractivity contribution in [3.05, 3.63) is 35.4 Å². The van der Waals surface area contributed by atoms with Crippen LogP contribution in [0.2, 0.25) is 0 Å². The predicted molar refractivity (Wildman–Crippen MR) is 71.8 cm³/mol. The molecule has 0 fully saturated rings. The van der Waals surface area contributed by atoms with Crippen molar-refractivity contribution in [2.24, 2.45) is 11.7 Å². The van der Waals surface area contributed by atoms with Crippen molar-refractivity contribution in [3.8, 4) is 0 Å². The highest BCUT2D eigenvalue weighted by atomic mass is 16.5. The highest BCUT2D eigenvalue weighted by Crippen LogP contribution is 2.09. The molecule has 0 amide bonds. The first-order chi connectivity index (χ1) is 8.56. The van der Waals surface area contributed by atoms with Gasteiger partial charge in [-0.2, -0.15) is 0 Å². The van der Waals surface area contributed by atoms with Crippen LogP contribution in [0.15, 0.2) is 24.3 Å². The largest absolute Gasteiger partial charge is 0.469 e. The van der Waals surface area contributed by atoms with Crippen LogP contribution in [-0.4, -0.2) is 31.6 Å². The maximum Gasteiger partial charge on any atom is 0.309 e. The minimum absolute atomic E-state index is 0.113. The molecule has 0 saturated heterocycles. The average molecular weight is 250 g/mol. The van der Waals surface area contributed by atoms with E-state index in [0.717, 1.165) is 12.1 Å². The zero-order chi connectivity index (χ0) is 13.5. The molecule has 1 rings (SSSR count). The van der Waals surface area contributed by atoms with E-state index in [1.54, 1.807) is 0 Å². The Hall–Kier alpha value is -1.39. The van der Waals surface area contributed by atoms with Crippen molar-refractivity contribution in [1.82, 2.24) is 4.90 Å². The molecule has 0 aliphatic heterocycles. The Morgan fingerprint density at radius 3 is 2.72 bits per heavy atom. The van der Waals surface area contributed by atoms with E-state index in [4.69, 9.17) is 10.5 Å². The molecule has 0 saturated carbocycles. The lowest BCUT2D eigenvalue weighted by Crippen LogP contribution is -2.29. The van der Waals surface area contributed by atoms with Crippen LogP contribution in [0.3, 0.4) is 0 Å². The molecule has 1 aromatic rings. The third-order valence-electron chi connectivity index (χ3n) is 2.87. The van der Waals surface area contributed by atoms with Gasteiger partial charge in [0.25, 0.3) is 0 Å². The lowest BCUT2D eigenvalue weighted by Gasteiger charge is -2.20. The van der Waals surface area contributed by atoms with Gasteiger partial charge in [-0.15, -0.1) is 0 Å². The highest BCUT2D eigenvalue weighted by Gasteiger charge is 2.15. The smallest absolute Gasteiger partial charge is 0.309 e. The van der Waals surface area contributed by atoms with E-state index in [1.165, 1.54) is 12.7 Å². The summed E-state index contributed by atoms with van der Waals surface area (Å²) < 4.78 is 4.72. The SMILES string of the molecule is COC(=O)C(C)CN(C)Cc1cccc(CN)c1. The van der Waals surface area contributed by atoms with Gasteiger partial charge >= 0.3 is 5.97 Å².